The minimum absolute atomic E-state index is 0.00560. The molecule has 0 unspecified atom stereocenters. The molecule has 0 saturated heterocycles. The molecule has 3 aromatic rings. The van der Waals surface area contributed by atoms with E-state index in [1.165, 1.54) is 0 Å². The van der Waals surface area contributed by atoms with Gasteiger partial charge in [-0.15, -0.1) is 0 Å². The lowest BCUT2D eigenvalue weighted by molar-refractivity contribution is -0.137. The molecule has 3 amide bonds. The number of primary amides is 1. The van der Waals surface area contributed by atoms with Gasteiger partial charge in [0.25, 0.3) is 11.8 Å². The molecule has 1 aromatic heterocycles. The second-order valence-electron chi connectivity index (χ2n) is 10.3. The monoisotopic (exact) mass is 589 g/mol. The van der Waals surface area contributed by atoms with Gasteiger partial charge in [0, 0.05) is 31.1 Å². The van der Waals surface area contributed by atoms with Crippen molar-refractivity contribution >= 4 is 29.7 Å². The number of carbonyl (C=O) groups excluding carboxylic acids is 3. The van der Waals surface area contributed by atoms with Crippen LogP contribution >= 0.6 is 0 Å². The Hall–Kier alpha value is -5.13. The Kier molecular flexibility index (Phi) is 11.4. The predicted molar refractivity (Wildman–Crippen MR) is 165 cm³/mol. The largest absolute Gasteiger partial charge is 0.481 e. The molecule has 12 heteroatoms. The quantitative estimate of drug-likeness (QED) is 0.0886. The van der Waals surface area contributed by atoms with E-state index in [9.17, 15) is 19.2 Å². The maximum absolute atomic E-state index is 14.1. The number of guanidine groups is 1. The zero-order chi connectivity index (χ0) is 31.5. The average molecular weight is 590 g/mol. The van der Waals surface area contributed by atoms with Gasteiger partial charge in [-0.3, -0.25) is 24.2 Å². The maximum atomic E-state index is 14.1. The Morgan fingerprint density at radius 2 is 1.49 bits per heavy atom. The summed E-state index contributed by atoms with van der Waals surface area (Å²) in [6.07, 6.45) is 0.632. The van der Waals surface area contributed by atoms with Gasteiger partial charge < -0.3 is 37.5 Å². The number of aromatic nitrogens is 1. The van der Waals surface area contributed by atoms with Gasteiger partial charge in [-0.05, 0) is 44.2 Å². The number of unbranched alkanes of at least 4 members (excludes halogenated alkanes) is 1. The highest BCUT2D eigenvalue weighted by Crippen LogP contribution is 2.41. The minimum atomic E-state index is -1.26. The number of nitrogens with one attached hydrogen (secondary N) is 2. The Bertz CT molecular complexity index is 1460. The van der Waals surface area contributed by atoms with E-state index in [1.807, 2.05) is 79.1 Å². The molecule has 228 valence electrons. The number of aliphatic carboxylic acids is 1. The molecule has 0 radical (unpaired) electrons. The maximum Gasteiger partial charge on any atom is 0.303 e. The van der Waals surface area contributed by atoms with E-state index < -0.39 is 29.7 Å². The number of aliphatic imine (C=N–C) groups is 1. The summed E-state index contributed by atoms with van der Waals surface area (Å²) in [5.41, 5.74) is 19.1. The van der Waals surface area contributed by atoms with Crippen molar-refractivity contribution in [3.8, 4) is 22.4 Å². The van der Waals surface area contributed by atoms with Crippen molar-refractivity contribution < 1.29 is 24.3 Å². The zero-order valence-corrected chi connectivity index (χ0v) is 24.4. The number of benzene rings is 2. The van der Waals surface area contributed by atoms with Crippen molar-refractivity contribution in [2.75, 3.05) is 13.1 Å². The molecule has 0 bridgehead atoms. The summed E-state index contributed by atoms with van der Waals surface area (Å²) < 4.78 is 1.82. The standard InChI is InChI=1S/C31H39N7O5/c1-19(2)38-26(21-13-7-4-8-14-21)24(20-11-5-3-6-12-20)25(29(42)37-22(28(32)41)15-16-23(39)40)27(38)30(43)35-17-9-10-18-36-31(33)34/h3-8,11-14,19,22H,9-10,15-18H2,1-2H3,(H2,32,41)(H,35,43)(H,37,42)(H,39,40)(H4,33,34,36)/t22-/m0/s1. The molecule has 3 rings (SSSR count). The molecular formula is C31H39N7O5. The van der Waals surface area contributed by atoms with Crippen LogP contribution in [-0.4, -0.2) is 58.5 Å². The minimum Gasteiger partial charge on any atom is -0.481 e. The number of hydrogen-bond acceptors (Lipinski definition) is 5. The zero-order valence-electron chi connectivity index (χ0n) is 24.4. The summed E-state index contributed by atoms with van der Waals surface area (Å²) >= 11 is 0. The van der Waals surface area contributed by atoms with Crippen LogP contribution < -0.4 is 27.8 Å². The van der Waals surface area contributed by atoms with E-state index in [2.05, 4.69) is 15.6 Å². The van der Waals surface area contributed by atoms with Crippen LogP contribution in [0.1, 0.15) is 66.4 Å². The van der Waals surface area contributed by atoms with Crippen LogP contribution in [0.5, 0.6) is 0 Å². The molecule has 0 fully saturated rings. The molecule has 0 spiro atoms. The van der Waals surface area contributed by atoms with Crippen LogP contribution in [0.25, 0.3) is 22.4 Å². The van der Waals surface area contributed by atoms with E-state index in [1.54, 1.807) is 0 Å². The van der Waals surface area contributed by atoms with Crippen LogP contribution in [0.2, 0.25) is 0 Å². The summed E-state index contributed by atoms with van der Waals surface area (Å²) in [5, 5.41) is 14.7. The van der Waals surface area contributed by atoms with Crippen molar-refractivity contribution in [3.05, 3.63) is 71.9 Å². The highest BCUT2D eigenvalue weighted by atomic mass is 16.4. The SMILES string of the molecule is CC(C)n1c(C(=O)NCCCCN=C(N)N)c(C(=O)N[C@@H](CCC(=O)O)C(N)=O)c(-c2ccccc2)c1-c1ccccc1. The van der Waals surface area contributed by atoms with Crippen LogP contribution in [0.4, 0.5) is 0 Å². The van der Waals surface area contributed by atoms with E-state index in [0.717, 1.165) is 5.56 Å². The predicted octanol–water partition coefficient (Wildman–Crippen LogP) is 2.63. The number of amides is 3. The molecule has 12 nitrogen and oxygen atoms in total. The lowest BCUT2D eigenvalue weighted by atomic mass is 9.96. The Labute approximate surface area is 250 Å². The van der Waals surface area contributed by atoms with Crippen LogP contribution in [0.15, 0.2) is 65.7 Å². The molecule has 0 aliphatic heterocycles. The summed E-state index contributed by atoms with van der Waals surface area (Å²) in [4.78, 5) is 55.5. The van der Waals surface area contributed by atoms with E-state index in [4.69, 9.17) is 22.3 Å². The van der Waals surface area contributed by atoms with E-state index >= 15 is 0 Å². The first-order valence-electron chi connectivity index (χ1n) is 14.1. The topological polar surface area (TPSA) is 208 Å². The molecular weight excluding hydrogens is 550 g/mol. The Balaban J connectivity index is 2.21. The average Bonchev–Trinajstić information content (AvgIpc) is 3.34. The van der Waals surface area contributed by atoms with Gasteiger partial charge in [-0.2, -0.15) is 0 Å². The summed E-state index contributed by atoms with van der Waals surface area (Å²) in [6, 6.07) is 17.0. The molecule has 1 heterocycles. The number of nitrogens with zero attached hydrogens (tertiary/aromatic N) is 2. The number of hydrogen-bond donors (Lipinski definition) is 6. The third-order valence-corrected chi connectivity index (χ3v) is 6.73. The number of carboxylic acid groups (broad SMARTS) is 1. The Morgan fingerprint density at radius 3 is 2.02 bits per heavy atom. The van der Waals surface area contributed by atoms with Gasteiger partial charge in [0.15, 0.2) is 5.96 Å². The van der Waals surface area contributed by atoms with Gasteiger partial charge in [-0.25, -0.2) is 0 Å². The number of nitrogens with two attached hydrogens (primary N) is 3. The van der Waals surface area contributed by atoms with Crippen LogP contribution in [0, 0.1) is 0 Å². The fourth-order valence-corrected chi connectivity index (χ4v) is 4.83. The number of rotatable bonds is 15. The number of carboxylic acids is 1. The summed E-state index contributed by atoms with van der Waals surface area (Å²) in [5.74, 6) is -3.23. The normalized spacial score (nSPS) is 11.5. The number of carbonyl (C=O) groups is 4. The second-order valence-corrected chi connectivity index (χ2v) is 10.3. The fourth-order valence-electron chi connectivity index (χ4n) is 4.83. The van der Waals surface area contributed by atoms with Gasteiger partial charge in [0.1, 0.15) is 11.7 Å². The van der Waals surface area contributed by atoms with Gasteiger partial charge in [-0.1, -0.05) is 60.7 Å². The molecule has 9 N–H and O–H groups in total. The smallest absolute Gasteiger partial charge is 0.303 e. The molecule has 2 aromatic carbocycles. The van der Waals surface area contributed by atoms with E-state index in [0.29, 0.717) is 42.8 Å². The van der Waals surface area contributed by atoms with Crippen molar-refractivity contribution in [1.82, 2.24) is 15.2 Å². The lowest BCUT2D eigenvalue weighted by Gasteiger charge is -2.19. The molecule has 1 atom stereocenters. The van der Waals surface area contributed by atoms with Crippen LogP contribution in [0.3, 0.4) is 0 Å². The summed E-state index contributed by atoms with van der Waals surface area (Å²) in [7, 11) is 0. The highest BCUT2D eigenvalue weighted by Gasteiger charge is 2.34. The lowest BCUT2D eigenvalue weighted by Crippen LogP contribution is -2.45. The van der Waals surface area contributed by atoms with Gasteiger partial charge in [0.05, 0.1) is 11.3 Å². The van der Waals surface area contributed by atoms with Crippen molar-refractivity contribution in [2.24, 2.45) is 22.2 Å². The highest BCUT2D eigenvalue weighted by molar-refractivity contribution is 6.14. The van der Waals surface area contributed by atoms with Gasteiger partial charge >= 0.3 is 5.97 Å². The first-order valence-corrected chi connectivity index (χ1v) is 14.1. The first-order chi connectivity index (χ1) is 20.5. The fraction of sp³-hybridized carbons (Fsp3) is 0.323. The molecule has 0 aliphatic carbocycles. The van der Waals surface area contributed by atoms with Crippen molar-refractivity contribution in [1.29, 1.82) is 0 Å². The van der Waals surface area contributed by atoms with Crippen LogP contribution in [-0.2, 0) is 9.59 Å². The second kappa shape index (κ2) is 15.2. The third kappa shape index (κ3) is 8.44. The first kappa shape index (κ1) is 32.4. The molecule has 0 saturated carbocycles. The van der Waals surface area contributed by atoms with Gasteiger partial charge in [0.2, 0.25) is 5.91 Å². The van der Waals surface area contributed by atoms with Crippen molar-refractivity contribution in [2.45, 2.75) is 51.6 Å². The molecule has 43 heavy (non-hydrogen) atoms. The Morgan fingerprint density at radius 1 is 0.884 bits per heavy atom. The van der Waals surface area contributed by atoms with E-state index in [-0.39, 0.29) is 36.1 Å². The summed E-state index contributed by atoms with van der Waals surface area (Å²) in [6.45, 7) is 4.53. The van der Waals surface area contributed by atoms with Crippen molar-refractivity contribution in [3.63, 3.8) is 0 Å². The molecule has 0 aliphatic rings. The third-order valence-electron chi connectivity index (χ3n) is 6.73.